The third kappa shape index (κ3) is 4.91. The van der Waals surface area contributed by atoms with Gasteiger partial charge in [0.15, 0.2) is 5.11 Å². The van der Waals surface area contributed by atoms with E-state index in [9.17, 15) is 14.9 Å². The van der Waals surface area contributed by atoms with Crippen molar-refractivity contribution in [2.45, 2.75) is 20.1 Å². The maximum atomic E-state index is 12.8. The molecule has 10 heteroatoms. The molecule has 0 bridgehead atoms. The highest BCUT2D eigenvalue weighted by molar-refractivity contribution is 7.80. The third-order valence-electron chi connectivity index (χ3n) is 5.23. The number of nitro groups is 1. The standard InChI is InChI=1S/C24H21N3O6S/c1-15-10-18(6-7-21(15)27(29)30)33-14-17-11-16(5-8-22(17)31-2)12-20-23(28)26(24(34)25-20)13-19-4-3-9-32-19/h3-12H,13-14H2,1-2H3,(H,25,34)/b20-12+. The molecular formula is C24H21N3O6S. The lowest BCUT2D eigenvalue weighted by Gasteiger charge is -2.12. The van der Waals surface area contributed by atoms with Crippen LogP contribution in [0, 0.1) is 17.0 Å². The Bertz CT molecular complexity index is 1290. The predicted octanol–water partition coefficient (Wildman–Crippen LogP) is 4.34. The van der Waals surface area contributed by atoms with Crippen molar-refractivity contribution < 1.29 is 23.6 Å². The van der Waals surface area contributed by atoms with Crippen LogP contribution in [-0.4, -0.2) is 28.0 Å². The zero-order valence-corrected chi connectivity index (χ0v) is 19.3. The number of thiocarbonyl (C=S) groups is 1. The van der Waals surface area contributed by atoms with Gasteiger partial charge < -0.3 is 19.2 Å². The molecule has 1 aromatic heterocycles. The van der Waals surface area contributed by atoms with E-state index in [1.807, 2.05) is 12.1 Å². The average molecular weight is 480 g/mol. The van der Waals surface area contributed by atoms with E-state index in [0.717, 1.165) is 11.1 Å². The molecular weight excluding hydrogens is 458 g/mol. The molecule has 2 heterocycles. The van der Waals surface area contributed by atoms with Gasteiger partial charge in [0.1, 0.15) is 29.6 Å². The molecule has 1 N–H and O–H groups in total. The lowest BCUT2D eigenvalue weighted by atomic mass is 10.1. The van der Waals surface area contributed by atoms with E-state index < -0.39 is 4.92 Å². The summed E-state index contributed by atoms with van der Waals surface area (Å²) < 4.78 is 16.6. The van der Waals surface area contributed by atoms with Crippen LogP contribution in [0.15, 0.2) is 64.9 Å². The van der Waals surface area contributed by atoms with E-state index in [2.05, 4.69) is 5.32 Å². The number of aryl methyl sites for hydroxylation is 1. The average Bonchev–Trinajstić information content (AvgIpc) is 3.42. The molecule has 0 unspecified atom stereocenters. The number of methoxy groups -OCH3 is 1. The van der Waals surface area contributed by atoms with Gasteiger partial charge in [0.2, 0.25) is 0 Å². The van der Waals surface area contributed by atoms with E-state index in [-0.39, 0.29) is 24.7 Å². The number of nitrogens with one attached hydrogen (secondary N) is 1. The Morgan fingerprint density at radius 3 is 2.74 bits per heavy atom. The van der Waals surface area contributed by atoms with Crippen LogP contribution in [0.25, 0.3) is 6.08 Å². The van der Waals surface area contributed by atoms with Crippen LogP contribution in [0.5, 0.6) is 11.5 Å². The molecule has 34 heavy (non-hydrogen) atoms. The fraction of sp³-hybridized carbons (Fsp3) is 0.167. The topological polar surface area (TPSA) is 107 Å². The molecule has 9 nitrogen and oxygen atoms in total. The van der Waals surface area contributed by atoms with Gasteiger partial charge in [-0.05, 0) is 67.2 Å². The first-order chi connectivity index (χ1) is 16.4. The van der Waals surface area contributed by atoms with Crippen LogP contribution in [0.3, 0.4) is 0 Å². The normalized spacial score (nSPS) is 14.4. The molecule has 0 radical (unpaired) electrons. The highest BCUT2D eigenvalue weighted by atomic mass is 32.1. The molecule has 0 aliphatic carbocycles. The summed E-state index contributed by atoms with van der Waals surface area (Å²) >= 11 is 5.31. The number of benzene rings is 2. The predicted molar refractivity (Wildman–Crippen MR) is 128 cm³/mol. The number of carbonyl (C=O) groups excluding carboxylic acids is 1. The van der Waals surface area contributed by atoms with Gasteiger partial charge >= 0.3 is 0 Å². The summed E-state index contributed by atoms with van der Waals surface area (Å²) in [7, 11) is 1.56. The molecule has 0 saturated carbocycles. The number of amides is 1. The Balaban J connectivity index is 1.51. The third-order valence-corrected chi connectivity index (χ3v) is 5.55. The van der Waals surface area contributed by atoms with E-state index in [4.69, 9.17) is 26.1 Å². The molecule has 2 aromatic carbocycles. The lowest BCUT2D eigenvalue weighted by Crippen LogP contribution is -2.29. The number of nitro benzene ring substituents is 1. The number of hydrogen-bond donors (Lipinski definition) is 1. The van der Waals surface area contributed by atoms with Gasteiger partial charge in [-0.25, -0.2) is 0 Å². The van der Waals surface area contributed by atoms with Gasteiger partial charge in [0.05, 0.1) is 24.8 Å². The van der Waals surface area contributed by atoms with Crippen LogP contribution in [0.2, 0.25) is 0 Å². The number of furan rings is 1. The number of hydrogen-bond acceptors (Lipinski definition) is 7. The van der Waals surface area contributed by atoms with Crippen LogP contribution in [0.1, 0.15) is 22.5 Å². The summed E-state index contributed by atoms with van der Waals surface area (Å²) in [5, 5.41) is 14.3. The smallest absolute Gasteiger partial charge is 0.276 e. The van der Waals surface area contributed by atoms with E-state index in [1.54, 1.807) is 56.7 Å². The molecule has 174 valence electrons. The van der Waals surface area contributed by atoms with Gasteiger partial charge in [-0.3, -0.25) is 19.8 Å². The van der Waals surface area contributed by atoms with Crippen molar-refractivity contribution in [1.82, 2.24) is 10.2 Å². The van der Waals surface area contributed by atoms with Crippen molar-refractivity contribution in [2.75, 3.05) is 7.11 Å². The highest BCUT2D eigenvalue weighted by Crippen LogP contribution is 2.27. The number of rotatable bonds is 8. The zero-order valence-electron chi connectivity index (χ0n) is 18.4. The molecule has 0 atom stereocenters. The van der Waals surface area contributed by atoms with Crippen molar-refractivity contribution in [2.24, 2.45) is 0 Å². The second-order valence-electron chi connectivity index (χ2n) is 7.52. The fourth-order valence-corrected chi connectivity index (χ4v) is 3.78. The molecule has 3 aromatic rings. The van der Waals surface area contributed by atoms with Crippen molar-refractivity contribution in [3.63, 3.8) is 0 Å². The van der Waals surface area contributed by atoms with Crippen molar-refractivity contribution in [3.8, 4) is 11.5 Å². The minimum atomic E-state index is -0.432. The lowest BCUT2D eigenvalue weighted by molar-refractivity contribution is -0.385. The summed E-state index contributed by atoms with van der Waals surface area (Å²) in [6.45, 7) is 2.07. The van der Waals surface area contributed by atoms with Crippen molar-refractivity contribution in [1.29, 1.82) is 0 Å². The van der Waals surface area contributed by atoms with Crippen LogP contribution < -0.4 is 14.8 Å². The molecule has 1 aliphatic rings. The highest BCUT2D eigenvalue weighted by Gasteiger charge is 2.31. The summed E-state index contributed by atoms with van der Waals surface area (Å²) in [4.78, 5) is 24.9. The molecule has 1 fully saturated rings. The first kappa shape index (κ1) is 23.0. The SMILES string of the molecule is COc1ccc(/C=C2/NC(=S)N(Cc3ccco3)C2=O)cc1COc1ccc([N+](=O)[O-])c(C)c1. The largest absolute Gasteiger partial charge is 0.496 e. The maximum absolute atomic E-state index is 12.8. The molecule has 1 saturated heterocycles. The van der Waals surface area contributed by atoms with E-state index in [0.29, 0.717) is 33.6 Å². The van der Waals surface area contributed by atoms with E-state index >= 15 is 0 Å². The monoisotopic (exact) mass is 479 g/mol. The number of ether oxygens (including phenoxy) is 2. The van der Waals surface area contributed by atoms with Crippen molar-refractivity contribution >= 4 is 35.0 Å². The minimum absolute atomic E-state index is 0.0336. The van der Waals surface area contributed by atoms with Gasteiger partial charge in [0.25, 0.3) is 11.6 Å². The molecule has 1 amide bonds. The Morgan fingerprint density at radius 2 is 2.06 bits per heavy atom. The number of nitrogens with zero attached hydrogens (tertiary/aromatic N) is 2. The Hall–Kier alpha value is -4.18. The van der Waals surface area contributed by atoms with Gasteiger partial charge in [-0.1, -0.05) is 6.07 Å². The quantitative estimate of drug-likeness (QED) is 0.220. The Morgan fingerprint density at radius 1 is 1.24 bits per heavy atom. The fourth-order valence-electron chi connectivity index (χ4n) is 3.53. The maximum Gasteiger partial charge on any atom is 0.276 e. The Kier molecular flexibility index (Phi) is 6.60. The van der Waals surface area contributed by atoms with E-state index in [1.165, 1.54) is 11.0 Å². The molecule has 4 rings (SSSR count). The van der Waals surface area contributed by atoms with Crippen LogP contribution in [-0.2, 0) is 17.9 Å². The first-order valence-corrected chi connectivity index (χ1v) is 10.7. The summed E-state index contributed by atoms with van der Waals surface area (Å²) in [6, 6.07) is 13.6. The van der Waals surface area contributed by atoms with Gasteiger partial charge in [0, 0.05) is 17.2 Å². The number of carbonyl (C=O) groups is 1. The summed E-state index contributed by atoms with van der Waals surface area (Å²) in [5.41, 5.74) is 2.38. The first-order valence-electron chi connectivity index (χ1n) is 10.3. The summed E-state index contributed by atoms with van der Waals surface area (Å²) in [6.07, 6.45) is 3.25. The second-order valence-corrected chi connectivity index (χ2v) is 7.91. The molecule has 1 aliphatic heterocycles. The van der Waals surface area contributed by atoms with Gasteiger partial charge in [-0.2, -0.15) is 0 Å². The van der Waals surface area contributed by atoms with Gasteiger partial charge in [-0.15, -0.1) is 0 Å². The summed E-state index contributed by atoms with van der Waals surface area (Å²) in [5.74, 6) is 1.49. The van der Waals surface area contributed by atoms with Crippen molar-refractivity contribution in [3.05, 3.63) is 93.1 Å². The van der Waals surface area contributed by atoms with Crippen LogP contribution in [0.4, 0.5) is 5.69 Å². The zero-order chi connectivity index (χ0) is 24.2. The second kappa shape index (κ2) is 9.75. The van der Waals surface area contributed by atoms with Crippen LogP contribution >= 0.6 is 12.2 Å². The minimum Gasteiger partial charge on any atom is -0.496 e. The molecule has 0 spiro atoms. The Labute approximate surface area is 200 Å².